The Labute approximate surface area is 88.0 Å². The highest BCUT2D eigenvalue weighted by atomic mass is 79.9. The first-order chi connectivity index (χ1) is 6.11. The van der Waals surface area contributed by atoms with E-state index in [-0.39, 0.29) is 0 Å². The predicted molar refractivity (Wildman–Crippen MR) is 62.5 cm³/mol. The zero-order chi connectivity index (χ0) is 9.84. The van der Waals surface area contributed by atoms with Crippen LogP contribution >= 0.6 is 15.9 Å². The third-order valence-corrected chi connectivity index (χ3v) is 2.36. The summed E-state index contributed by atoms with van der Waals surface area (Å²) >= 11 is 3.32. The van der Waals surface area contributed by atoms with Gasteiger partial charge in [-0.1, -0.05) is 34.6 Å². The average molecular weight is 240 g/mol. The van der Waals surface area contributed by atoms with Gasteiger partial charge in [-0.3, -0.25) is 0 Å². The van der Waals surface area contributed by atoms with Crippen LogP contribution in [0.15, 0.2) is 29.3 Å². The molecular weight excluding hydrogens is 226 g/mol. The van der Waals surface area contributed by atoms with E-state index in [0.717, 1.165) is 11.0 Å². The number of hydrogen-bond donors (Lipinski definition) is 1. The lowest BCUT2D eigenvalue weighted by atomic mass is 10.1. The number of halogens is 1. The average Bonchev–Trinajstić information content (AvgIpc) is 2.07. The van der Waals surface area contributed by atoms with Crippen LogP contribution in [-0.2, 0) is 0 Å². The molecule has 0 amide bonds. The summed E-state index contributed by atoms with van der Waals surface area (Å²) in [5.41, 5.74) is 3.79. The Bertz CT molecular complexity index is 318. The third-order valence-electron chi connectivity index (χ3n) is 2.08. The standard InChI is InChI=1S/C11H14BrN/c1-8-5-4-6-11(10(8)3)13-7-9(2)12/h4-6,13H,2,7H2,1,3H3. The molecule has 0 heterocycles. The molecule has 0 aliphatic carbocycles. The van der Waals surface area contributed by atoms with Gasteiger partial charge in [-0.25, -0.2) is 0 Å². The molecule has 1 aromatic rings. The minimum Gasteiger partial charge on any atom is -0.380 e. The summed E-state index contributed by atoms with van der Waals surface area (Å²) < 4.78 is 0.966. The molecule has 0 saturated carbocycles. The molecule has 0 aliphatic rings. The van der Waals surface area contributed by atoms with E-state index in [1.807, 2.05) is 0 Å². The van der Waals surface area contributed by atoms with Crippen molar-refractivity contribution >= 4 is 21.6 Å². The van der Waals surface area contributed by atoms with Crippen LogP contribution in [0.2, 0.25) is 0 Å². The predicted octanol–water partition coefficient (Wildman–Crippen LogP) is 3.62. The fourth-order valence-electron chi connectivity index (χ4n) is 1.13. The van der Waals surface area contributed by atoms with Crippen molar-refractivity contribution in [2.45, 2.75) is 13.8 Å². The normalized spacial score (nSPS) is 9.77. The Hall–Kier alpha value is -0.760. The minimum absolute atomic E-state index is 0.768. The molecule has 1 nitrogen and oxygen atoms in total. The van der Waals surface area contributed by atoms with Crippen LogP contribution in [0.1, 0.15) is 11.1 Å². The molecule has 2 heteroatoms. The van der Waals surface area contributed by atoms with Crippen LogP contribution in [0.25, 0.3) is 0 Å². The quantitative estimate of drug-likeness (QED) is 0.850. The monoisotopic (exact) mass is 239 g/mol. The van der Waals surface area contributed by atoms with E-state index < -0.39 is 0 Å². The van der Waals surface area contributed by atoms with Crippen molar-refractivity contribution in [3.8, 4) is 0 Å². The topological polar surface area (TPSA) is 12.0 Å². The molecule has 1 rings (SSSR count). The Morgan fingerprint density at radius 3 is 2.77 bits per heavy atom. The van der Waals surface area contributed by atoms with E-state index >= 15 is 0 Å². The van der Waals surface area contributed by atoms with E-state index in [1.54, 1.807) is 0 Å². The third kappa shape index (κ3) is 2.88. The van der Waals surface area contributed by atoms with Crippen LogP contribution in [0.3, 0.4) is 0 Å². The van der Waals surface area contributed by atoms with E-state index in [4.69, 9.17) is 0 Å². The van der Waals surface area contributed by atoms with Gasteiger partial charge in [0.25, 0.3) is 0 Å². The fraction of sp³-hybridized carbons (Fsp3) is 0.273. The number of anilines is 1. The molecule has 1 aromatic carbocycles. The summed E-state index contributed by atoms with van der Waals surface area (Å²) in [6.45, 7) is 8.78. The fourth-order valence-corrected chi connectivity index (χ4v) is 1.27. The van der Waals surface area contributed by atoms with E-state index in [0.29, 0.717) is 0 Å². The molecule has 0 atom stereocenters. The lowest BCUT2D eigenvalue weighted by molar-refractivity contribution is 1.26. The second kappa shape index (κ2) is 4.47. The Morgan fingerprint density at radius 1 is 1.46 bits per heavy atom. The molecule has 0 aromatic heterocycles. The van der Waals surface area contributed by atoms with Crippen molar-refractivity contribution in [2.75, 3.05) is 11.9 Å². The van der Waals surface area contributed by atoms with Crippen LogP contribution in [-0.4, -0.2) is 6.54 Å². The van der Waals surface area contributed by atoms with Gasteiger partial charge in [-0.2, -0.15) is 0 Å². The van der Waals surface area contributed by atoms with E-state index in [2.05, 4.69) is 59.9 Å². The first-order valence-electron chi connectivity index (χ1n) is 4.24. The lowest BCUT2D eigenvalue weighted by Crippen LogP contribution is -2.02. The highest BCUT2D eigenvalue weighted by Gasteiger charge is 1.98. The van der Waals surface area contributed by atoms with Crippen LogP contribution in [0.4, 0.5) is 5.69 Å². The van der Waals surface area contributed by atoms with Crippen LogP contribution in [0, 0.1) is 13.8 Å². The first-order valence-corrected chi connectivity index (χ1v) is 5.04. The second-order valence-electron chi connectivity index (χ2n) is 3.12. The second-order valence-corrected chi connectivity index (χ2v) is 4.24. The Morgan fingerprint density at radius 2 is 2.15 bits per heavy atom. The van der Waals surface area contributed by atoms with Crippen molar-refractivity contribution in [2.24, 2.45) is 0 Å². The molecule has 0 unspecified atom stereocenters. The zero-order valence-corrected chi connectivity index (χ0v) is 9.61. The highest BCUT2D eigenvalue weighted by molar-refractivity contribution is 9.11. The van der Waals surface area contributed by atoms with Gasteiger partial charge in [0, 0.05) is 16.7 Å². The van der Waals surface area contributed by atoms with E-state index in [1.165, 1.54) is 16.8 Å². The van der Waals surface area contributed by atoms with Gasteiger partial charge in [-0.15, -0.1) is 0 Å². The number of hydrogen-bond acceptors (Lipinski definition) is 1. The molecule has 70 valence electrons. The van der Waals surface area contributed by atoms with Gasteiger partial charge >= 0.3 is 0 Å². The van der Waals surface area contributed by atoms with Crippen molar-refractivity contribution in [3.63, 3.8) is 0 Å². The maximum atomic E-state index is 3.78. The molecule has 0 aliphatic heterocycles. The Balaban J connectivity index is 2.77. The molecule has 1 N–H and O–H groups in total. The van der Waals surface area contributed by atoms with Gasteiger partial charge < -0.3 is 5.32 Å². The molecule has 0 spiro atoms. The lowest BCUT2D eigenvalue weighted by Gasteiger charge is -2.10. The maximum Gasteiger partial charge on any atom is 0.0460 e. The molecule has 13 heavy (non-hydrogen) atoms. The molecule has 0 radical (unpaired) electrons. The van der Waals surface area contributed by atoms with Gasteiger partial charge in [0.15, 0.2) is 0 Å². The van der Waals surface area contributed by atoms with Gasteiger partial charge in [-0.05, 0) is 31.0 Å². The summed E-state index contributed by atoms with van der Waals surface area (Å²) in [7, 11) is 0. The van der Waals surface area contributed by atoms with Crippen molar-refractivity contribution in [3.05, 3.63) is 40.4 Å². The van der Waals surface area contributed by atoms with E-state index in [9.17, 15) is 0 Å². The highest BCUT2D eigenvalue weighted by Crippen LogP contribution is 2.18. The van der Waals surface area contributed by atoms with Gasteiger partial charge in [0.1, 0.15) is 0 Å². The zero-order valence-electron chi connectivity index (χ0n) is 8.02. The number of rotatable bonds is 3. The largest absolute Gasteiger partial charge is 0.380 e. The number of benzene rings is 1. The smallest absolute Gasteiger partial charge is 0.0460 e. The molecule has 0 saturated heterocycles. The minimum atomic E-state index is 0.768. The summed E-state index contributed by atoms with van der Waals surface area (Å²) in [5, 5.41) is 3.31. The molecular formula is C11H14BrN. The van der Waals surface area contributed by atoms with Crippen LogP contribution < -0.4 is 5.32 Å². The van der Waals surface area contributed by atoms with Crippen molar-refractivity contribution in [1.82, 2.24) is 0 Å². The van der Waals surface area contributed by atoms with Crippen LogP contribution in [0.5, 0.6) is 0 Å². The summed E-state index contributed by atoms with van der Waals surface area (Å²) in [5.74, 6) is 0. The Kier molecular flexibility index (Phi) is 3.55. The number of nitrogens with one attached hydrogen (secondary N) is 1. The SMILES string of the molecule is C=C(Br)CNc1cccc(C)c1C. The summed E-state index contributed by atoms with van der Waals surface area (Å²) in [6.07, 6.45) is 0. The molecule has 0 fully saturated rings. The first kappa shape index (κ1) is 10.3. The summed E-state index contributed by atoms with van der Waals surface area (Å²) in [4.78, 5) is 0. The maximum absolute atomic E-state index is 3.78. The molecule has 0 bridgehead atoms. The van der Waals surface area contributed by atoms with Gasteiger partial charge in [0.05, 0.1) is 0 Å². The van der Waals surface area contributed by atoms with Crippen molar-refractivity contribution < 1.29 is 0 Å². The van der Waals surface area contributed by atoms with Crippen molar-refractivity contribution in [1.29, 1.82) is 0 Å². The number of aryl methyl sites for hydroxylation is 1. The summed E-state index contributed by atoms with van der Waals surface area (Å²) in [6, 6.07) is 6.25. The van der Waals surface area contributed by atoms with Gasteiger partial charge in [0.2, 0.25) is 0 Å².